The van der Waals surface area contributed by atoms with Crippen molar-refractivity contribution >= 4 is 5.71 Å². The summed E-state index contributed by atoms with van der Waals surface area (Å²) in [5, 5.41) is 3.49. The summed E-state index contributed by atoms with van der Waals surface area (Å²) in [5.41, 5.74) is 1.03. The zero-order chi connectivity index (χ0) is 5.70. The second kappa shape index (κ2) is 3.65. The predicted octanol–water partition coefficient (Wildman–Crippen LogP) is 1.12. The van der Waals surface area contributed by atoms with Crippen LogP contribution < -0.4 is 5.84 Å². The Bertz CT molecular complexity index is 66.5. The van der Waals surface area contributed by atoms with Crippen molar-refractivity contribution in [1.82, 2.24) is 0 Å². The summed E-state index contributed by atoms with van der Waals surface area (Å²) in [6.45, 7) is 4.04. The zero-order valence-corrected chi connectivity index (χ0v) is 4.94. The lowest BCUT2D eigenvalue weighted by molar-refractivity contribution is 0.977. The van der Waals surface area contributed by atoms with Gasteiger partial charge in [-0.05, 0) is 13.3 Å². The number of nitrogens with zero attached hydrogens (tertiary/aromatic N) is 1. The monoisotopic (exact) mass is 100 g/mol. The molecule has 0 heterocycles. The van der Waals surface area contributed by atoms with Crippen LogP contribution in [-0.4, -0.2) is 5.71 Å². The number of hydrogen-bond donors (Lipinski definition) is 1. The summed E-state index contributed by atoms with van der Waals surface area (Å²) >= 11 is 0. The first-order chi connectivity index (χ1) is 3.31. The summed E-state index contributed by atoms with van der Waals surface area (Å²) < 4.78 is 0. The Morgan fingerprint density at radius 1 is 1.71 bits per heavy atom. The van der Waals surface area contributed by atoms with Crippen molar-refractivity contribution < 1.29 is 0 Å². The first-order valence-electron chi connectivity index (χ1n) is 2.54. The van der Waals surface area contributed by atoms with Crippen molar-refractivity contribution in [3.8, 4) is 0 Å². The molecule has 2 nitrogen and oxygen atoms in total. The highest BCUT2D eigenvalue weighted by molar-refractivity contribution is 5.81. The fourth-order valence-electron chi connectivity index (χ4n) is 0.426. The van der Waals surface area contributed by atoms with E-state index in [-0.39, 0.29) is 0 Å². The Morgan fingerprint density at radius 3 is 2.43 bits per heavy atom. The van der Waals surface area contributed by atoms with Gasteiger partial charge >= 0.3 is 0 Å². The summed E-state index contributed by atoms with van der Waals surface area (Å²) in [6.07, 6.45) is 2.16. The van der Waals surface area contributed by atoms with Crippen LogP contribution in [0.5, 0.6) is 0 Å². The van der Waals surface area contributed by atoms with Crippen molar-refractivity contribution in [3.63, 3.8) is 0 Å². The topological polar surface area (TPSA) is 38.4 Å². The molecule has 0 aliphatic heterocycles. The van der Waals surface area contributed by atoms with Gasteiger partial charge in [-0.2, -0.15) is 5.10 Å². The lowest BCUT2D eigenvalue weighted by Crippen LogP contribution is -1.93. The van der Waals surface area contributed by atoms with E-state index in [1.807, 2.05) is 6.92 Å². The second-order valence-corrected chi connectivity index (χ2v) is 1.61. The van der Waals surface area contributed by atoms with Gasteiger partial charge in [0.05, 0.1) is 0 Å². The lowest BCUT2D eigenvalue weighted by atomic mass is 10.2. The van der Waals surface area contributed by atoms with Crippen molar-refractivity contribution in [2.24, 2.45) is 10.9 Å². The van der Waals surface area contributed by atoms with E-state index in [1.165, 1.54) is 0 Å². The van der Waals surface area contributed by atoms with Crippen LogP contribution in [0.2, 0.25) is 0 Å². The zero-order valence-electron chi connectivity index (χ0n) is 4.94. The third kappa shape index (κ3) is 3.30. The molecule has 0 saturated heterocycles. The van der Waals surface area contributed by atoms with Gasteiger partial charge in [-0.1, -0.05) is 13.3 Å². The average molecular weight is 100 g/mol. The molecule has 0 amide bonds. The molecule has 0 aliphatic rings. The van der Waals surface area contributed by atoms with Crippen LogP contribution in [0.1, 0.15) is 26.7 Å². The maximum Gasteiger partial charge on any atom is 0.0344 e. The van der Waals surface area contributed by atoms with Crippen molar-refractivity contribution in [1.29, 1.82) is 0 Å². The van der Waals surface area contributed by atoms with Crippen LogP contribution >= 0.6 is 0 Å². The summed E-state index contributed by atoms with van der Waals surface area (Å²) in [4.78, 5) is 0. The highest BCUT2D eigenvalue weighted by Crippen LogP contribution is 1.87. The van der Waals surface area contributed by atoms with Crippen LogP contribution in [-0.2, 0) is 0 Å². The van der Waals surface area contributed by atoms with Crippen LogP contribution in [0.25, 0.3) is 0 Å². The van der Waals surface area contributed by atoms with E-state index in [2.05, 4.69) is 12.0 Å². The molecule has 0 unspecified atom stereocenters. The van der Waals surface area contributed by atoms with Gasteiger partial charge in [0, 0.05) is 5.71 Å². The minimum atomic E-state index is 1.02. The van der Waals surface area contributed by atoms with Crippen LogP contribution in [0, 0.1) is 0 Å². The van der Waals surface area contributed by atoms with Crippen molar-refractivity contribution in [2.45, 2.75) is 26.7 Å². The Balaban J connectivity index is 3.17. The summed E-state index contributed by atoms with van der Waals surface area (Å²) in [5.74, 6) is 4.95. The normalized spacial score (nSPS) is 12.0. The largest absolute Gasteiger partial charge is 0.323 e. The maximum absolute atomic E-state index is 4.95. The van der Waals surface area contributed by atoms with Crippen LogP contribution in [0.4, 0.5) is 0 Å². The maximum atomic E-state index is 4.95. The Hall–Kier alpha value is -0.530. The van der Waals surface area contributed by atoms with Gasteiger partial charge in [0.25, 0.3) is 0 Å². The molecule has 2 heteroatoms. The van der Waals surface area contributed by atoms with Crippen molar-refractivity contribution in [3.05, 3.63) is 0 Å². The number of hydrogen-bond acceptors (Lipinski definition) is 2. The first kappa shape index (κ1) is 6.47. The molecule has 0 spiro atoms. The number of rotatable bonds is 2. The molecule has 0 aromatic carbocycles. The molecule has 0 radical (unpaired) electrons. The Morgan fingerprint density at radius 2 is 2.29 bits per heavy atom. The van der Waals surface area contributed by atoms with E-state index in [4.69, 9.17) is 5.84 Å². The van der Waals surface area contributed by atoms with E-state index < -0.39 is 0 Å². The predicted molar refractivity (Wildman–Crippen MR) is 32.2 cm³/mol. The van der Waals surface area contributed by atoms with Crippen LogP contribution in [0.3, 0.4) is 0 Å². The molecule has 7 heavy (non-hydrogen) atoms. The Kier molecular flexibility index (Phi) is 3.38. The smallest absolute Gasteiger partial charge is 0.0344 e. The minimum absolute atomic E-state index is 1.02. The molecule has 0 aromatic rings. The van der Waals surface area contributed by atoms with Gasteiger partial charge < -0.3 is 5.84 Å². The fourth-order valence-corrected chi connectivity index (χ4v) is 0.426. The first-order valence-corrected chi connectivity index (χ1v) is 2.54. The number of nitrogens with two attached hydrogens (primary N) is 1. The van der Waals surface area contributed by atoms with Crippen molar-refractivity contribution in [2.75, 3.05) is 0 Å². The molecule has 0 bridgehead atoms. The molecule has 0 fully saturated rings. The van der Waals surface area contributed by atoms with Gasteiger partial charge in [0.2, 0.25) is 0 Å². The molecule has 0 aliphatic carbocycles. The fraction of sp³-hybridized carbons (Fsp3) is 0.800. The molecule has 2 N–H and O–H groups in total. The highest BCUT2D eigenvalue weighted by Gasteiger charge is 1.82. The molecule has 0 atom stereocenters. The van der Waals surface area contributed by atoms with E-state index in [1.54, 1.807) is 0 Å². The molecule has 0 aromatic heterocycles. The second-order valence-electron chi connectivity index (χ2n) is 1.61. The van der Waals surface area contributed by atoms with Gasteiger partial charge in [0.1, 0.15) is 0 Å². The highest BCUT2D eigenvalue weighted by atomic mass is 15.1. The third-order valence-corrected chi connectivity index (χ3v) is 0.832. The molecular formula is C5H12N2. The summed E-state index contributed by atoms with van der Waals surface area (Å²) in [7, 11) is 0. The average Bonchev–Trinajstić information content (AvgIpc) is 1.68. The molecule has 0 rings (SSSR count). The SMILES string of the molecule is CCCC(C)=NN. The van der Waals surface area contributed by atoms with E-state index in [0.717, 1.165) is 18.6 Å². The third-order valence-electron chi connectivity index (χ3n) is 0.832. The van der Waals surface area contributed by atoms with E-state index in [0.29, 0.717) is 0 Å². The van der Waals surface area contributed by atoms with Gasteiger partial charge in [-0.3, -0.25) is 0 Å². The lowest BCUT2D eigenvalue weighted by Gasteiger charge is -1.89. The van der Waals surface area contributed by atoms with Gasteiger partial charge in [0.15, 0.2) is 0 Å². The number of hydrazone groups is 1. The Labute approximate surface area is 44.4 Å². The van der Waals surface area contributed by atoms with Gasteiger partial charge in [-0.25, -0.2) is 0 Å². The van der Waals surface area contributed by atoms with E-state index in [9.17, 15) is 0 Å². The quantitative estimate of drug-likeness (QED) is 0.315. The van der Waals surface area contributed by atoms with Crippen LogP contribution in [0.15, 0.2) is 5.10 Å². The molecule has 0 saturated carbocycles. The van der Waals surface area contributed by atoms with Gasteiger partial charge in [-0.15, -0.1) is 0 Å². The minimum Gasteiger partial charge on any atom is -0.323 e. The standard InChI is InChI=1S/C5H12N2/c1-3-4-5(2)7-6/h3-4,6H2,1-2H3. The summed E-state index contributed by atoms with van der Waals surface area (Å²) in [6, 6.07) is 0. The van der Waals surface area contributed by atoms with E-state index >= 15 is 0 Å². The molecular weight excluding hydrogens is 88.1 g/mol. The molecule has 42 valence electrons.